The van der Waals surface area contributed by atoms with E-state index in [2.05, 4.69) is 10.3 Å². The van der Waals surface area contributed by atoms with Gasteiger partial charge in [0, 0.05) is 31.0 Å². The van der Waals surface area contributed by atoms with Crippen molar-refractivity contribution in [3.05, 3.63) is 46.2 Å². The second-order valence-electron chi connectivity index (χ2n) is 7.32. The van der Waals surface area contributed by atoms with E-state index in [1.807, 2.05) is 24.3 Å². The molecule has 28 heavy (non-hydrogen) atoms. The molecule has 2 saturated heterocycles. The Morgan fingerprint density at radius 2 is 1.86 bits per heavy atom. The maximum absolute atomic E-state index is 13.0. The fourth-order valence-electron chi connectivity index (χ4n) is 4.04. The van der Waals surface area contributed by atoms with Crippen molar-refractivity contribution in [3.8, 4) is 0 Å². The maximum atomic E-state index is 13.0. The monoisotopic (exact) mass is 404 g/mol. The summed E-state index contributed by atoms with van der Waals surface area (Å²) in [6.45, 7) is 3.23. The number of carbonyl (C=O) groups is 1. The van der Waals surface area contributed by atoms with Crippen molar-refractivity contribution in [2.24, 2.45) is 0 Å². The molecule has 3 aliphatic rings. The highest BCUT2D eigenvalue weighted by molar-refractivity contribution is 6.30. The van der Waals surface area contributed by atoms with Crippen molar-refractivity contribution in [1.29, 1.82) is 0 Å². The smallest absolute Gasteiger partial charge is 0.276 e. The lowest BCUT2D eigenvalue weighted by Gasteiger charge is -2.37. The Balaban J connectivity index is 1.28. The largest absolute Gasteiger partial charge is 0.365 e. The highest BCUT2D eigenvalue weighted by Crippen LogP contribution is 2.32. The molecular weight excluding hydrogens is 384 g/mol. The summed E-state index contributed by atoms with van der Waals surface area (Å²) in [7, 11) is 0. The van der Waals surface area contributed by atoms with E-state index in [1.165, 1.54) is 0 Å². The van der Waals surface area contributed by atoms with Crippen molar-refractivity contribution in [1.82, 2.24) is 19.9 Å². The van der Waals surface area contributed by atoms with E-state index >= 15 is 0 Å². The Hall–Kier alpha value is -2.00. The number of nitrogens with zero attached hydrogens (tertiary/aromatic N) is 4. The van der Waals surface area contributed by atoms with Crippen molar-refractivity contribution in [2.75, 3.05) is 26.3 Å². The highest BCUT2D eigenvalue weighted by atomic mass is 35.5. The Kier molecular flexibility index (Phi) is 4.59. The molecule has 3 aliphatic heterocycles. The molecule has 1 aromatic heterocycles. The first-order valence-electron chi connectivity index (χ1n) is 9.50. The van der Waals surface area contributed by atoms with Crippen LogP contribution in [0.3, 0.4) is 0 Å². The predicted molar refractivity (Wildman–Crippen MR) is 98.8 cm³/mol. The summed E-state index contributed by atoms with van der Waals surface area (Å²) in [5.41, 5.74) is 2.12. The van der Waals surface area contributed by atoms with Gasteiger partial charge in [-0.25, -0.2) is 4.68 Å². The fourth-order valence-corrected chi connectivity index (χ4v) is 4.17. The van der Waals surface area contributed by atoms with Crippen LogP contribution in [-0.2, 0) is 27.4 Å². The summed E-state index contributed by atoms with van der Waals surface area (Å²) in [4.78, 5) is 14.8. The molecule has 1 atom stereocenters. The van der Waals surface area contributed by atoms with Gasteiger partial charge in [-0.15, -0.1) is 5.10 Å². The minimum atomic E-state index is -0.502. The molecule has 2 fully saturated rings. The topological polar surface area (TPSA) is 78.7 Å². The van der Waals surface area contributed by atoms with Crippen LogP contribution in [-0.4, -0.2) is 57.9 Å². The summed E-state index contributed by atoms with van der Waals surface area (Å²) in [6.07, 6.45) is 1.22. The van der Waals surface area contributed by atoms with Crippen LogP contribution in [0.25, 0.3) is 0 Å². The number of amides is 1. The number of rotatable bonds is 2. The van der Waals surface area contributed by atoms with E-state index in [9.17, 15) is 4.79 Å². The van der Waals surface area contributed by atoms with Crippen LogP contribution in [0, 0.1) is 0 Å². The summed E-state index contributed by atoms with van der Waals surface area (Å²) in [5, 5.41) is 9.05. The third-order valence-corrected chi connectivity index (χ3v) is 5.92. The first-order valence-corrected chi connectivity index (χ1v) is 9.88. The molecule has 0 saturated carbocycles. The average Bonchev–Trinajstić information content (AvgIpc) is 3.35. The van der Waals surface area contributed by atoms with Gasteiger partial charge >= 0.3 is 0 Å². The van der Waals surface area contributed by atoms with Crippen LogP contribution in [0.4, 0.5) is 0 Å². The van der Waals surface area contributed by atoms with Crippen molar-refractivity contribution < 1.29 is 19.0 Å². The zero-order chi connectivity index (χ0) is 19.1. The van der Waals surface area contributed by atoms with E-state index in [1.54, 1.807) is 9.58 Å². The van der Waals surface area contributed by atoms with E-state index in [-0.39, 0.29) is 12.0 Å². The van der Waals surface area contributed by atoms with Crippen LogP contribution < -0.4 is 0 Å². The lowest BCUT2D eigenvalue weighted by Crippen LogP contribution is -2.47. The van der Waals surface area contributed by atoms with Gasteiger partial charge in [0.15, 0.2) is 11.5 Å². The minimum Gasteiger partial charge on any atom is -0.365 e. The van der Waals surface area contributed by atoms with Gasteiger partial charge in [-0.3, -0.25) is 4.79 Å². The highest BCUT2D eigenvalue weighted by Gasteiger charge is 2.41. The van der Waals surface area contributed by atoms with Gasteiger partial charge in [-0.05, 0) is 17.7 Å². The lowest BCUT2D eigenvalue weighted by atomic mass is 10.0. The van der Waals surface area contributed by atoms with Gasteiger partial charge < -0.3 is 19.1 Å². The van der Waals surface area contributed by atoms with Crippen molar-refractivity contribution in [3.63, 3.8) is 0 Å². The number of ether oxygens (including phenoxy) is 3. The molecule has 9 heteroatoms. The van der Waals surface area contributed by atoms with E-state index in [0.717, 1.165) is 11.3 Å². The van der Waals surface area contributed by atoms with Crippen LogP contribution in [0.5, 0.6) is 0 Å². The molecule has 1 aromatic carbocycles. The van der Waals surface area contributed by atoms with Gasteiger partial charge in [0.05, 0.1) is 32.1 Å². The molecule has 5 rings (SSSR count). The normalized spacial score (nSPS) is 23.8. The number of halogens is 1. The molecule has 0 radical (unpaired) electrons. The Morgan fingerprint density at radius 1 is 1.14 bits per heavy atom. The second-order valence-corrected chi connectivity index (χ2v) is 7.75. The molecule has 148 valence electrons. The summed E-state index contributed by atoms with van der Waals surface area (Å²) < 4.78 is 19.2. The summed E-state index contributed by atoms with van der Waals surface area (Å²) in [5.74, 6) is -0.611. The third-order valence-electron chi connectivity index (χ3n) is 5.67. The molecule has 0 N–H and O–H groups in total. The third kappa shape index (κ3) is 3.20. The van der Waals surface area contributed by atoms with Crippen molar-refractivity contribution in [2.45, 2.75) is 37.9 Å². The molecule has 0 unspecified atom stereocenters. The average molecular weight is 405 g/mol. The standard InChI is InChI=1S/C19H21ClN4O4/c20-14-3-1-13(2-4-14)16-11-24-15(12-26-16)17(21-22-24)18(25)23-7-5-19(6-8-23)27-9-10-28-19/h1-4,16H,5-12H2/t16-/m0/s1. The SMILES string of the molecule is O=C(c1nnn2c1CO[C@H](c1ccc(Cl)cc1)C2)N1CCC2(CC1)OCCO2. The van der Waals surface area contributed by atoms with E-state index in [0.29, 0.717) is 63.0 Å². The molecule has 8 nitrogen and oxygen atoms in total. The molecule has 1 spiro atoms. The number of benzene rings is 1. The molecule has 0 aliphatic carbocycles. The number of fused-ring (bicyclic) bond motifs is 1. The van der Waals surface area contributed by atoms with Crippen LogP contribution in [0.1, 0.15) is 40.7 Å². The van der Waals surface area contributed by atoms with Gasteiger partial charge in [0.25, 0.3) is 5.91 Å². The molecule has 4 heterocycles. The number of aromatic nitrogens is 3. The zero-order valence-electron chi connectivity index (χ0n) is 15.3. The fraction of sp³-hybridized carbons (Fsp3) is 0.526. The van der Waals surface area contributed by atoms with Crippen LogP contribution >= 0.6 is 11.6 Å². The predicted octanol–water partition coefficient (Wildman–Crippen LogP) is 2.18. The van der Waals surface area contributed by atoms with Gasteiger partial charge in [0.2, 0.25) is 0 Å². The van der Waals surface area contributed by atoms with Gasteiger partial charge in [0.1, 0.15) is 6.10 Å². The molecular formula is C19H21ClN4O4. The lowest BCUT2D eigenvalue weighted by molar-refractivity contribution is -0.181. The number of piperidine rings is 1. The van der Waals surface area contributed by atoms with Crippen LogP contribution in [0.2, 0.25) is 5.02 Å². The minimum absolute atomic E-state index is 0.109. The Morgan fingerprint density at radius 3 is 2.57 bits per heavy atom. The number of hydrogen-bond donors (Lipinski definition) is 0. The summed E-state index contributed by atoms with van der Waals surface area (Å²) >= 11 is 5.96. The van der Waals surface area contributed by atoms with Gasteiger partial charge in [-0.2, -0.15) is 0 Å². The quantitative estimate of drug-likeness (QED) is 0.763. The van der Waals surface area contributed by atoms with E-state index in [4.69, 9.17) is 25.8 Å². The van der Waals surface area contributed by atoms with E-state index < -0.39 is 5.79 Å². The number of hydrogen-bond acceptors (Lipinski definition) is 6. The first-order chi connectivity index (χ1) is 13.6. The molecule has 2 aromatic rings. The van der Waals surface area contributed by atoms with Crippen LogP contribution in [0.15, 0.2) is 24.3 Å². The van der Waals surface area contributed by atoms with Crippen molar-refractivity contribution >= 4 is 17.5 Å². The summed E-state index contributed by atoms with van der Waals surface area (Å²) in [6, 6.07) is 7.56. The molecule has 0 bridgehead atoms. The number of likely N-dealkylation sites (tertiary alicyclic amines) is 1. The second kappa shape index (κ2) is 7.11. The Bertz CT molecular complexity index is 869. The maximum Gasteiger partial charge on any atom is 0.276 e. The van der Waals surface area contributed by atoms with Gasteiger partial charge in [-0.1, -0.05) is 28.9 Å². The number of carbonyl (C=O) groups excluding carboxylic acids is 1. The first kappa shape index (κ1) is 18.1. The Labute approximate surface area is 167 Å². The molecule has 1 amide bonds. The zero-order valence-corrected chi connectivity index (χ0v) is 16.1.